The Morgan fingerprint density at radius 1 is 1.50 bits per heavy atom. The van der Waals surface area contributed by atoms with Gasteiger partial charge in [0, 0.05) is 4.47 Å². The van der Waals surface area contributed by atoms with Crippen molar-refractivity contribution >= 4 is 21.6 Å². The van der Waals surface area contributed by atoms with Crippen molar-refractivity contribution in [2.45, 2.75) is 0 Å². The Kier molecular flexibility index (Phi) is 2.11. The number of hydrogen-bond acceptors (Lipinski definition) is 2. The molecule has 0 bridgehead atoms. The fourth-order valence-corrected chi connectivity index (χ4v) is 1.01. The molecule has 0 unspecified atom stereocenters. The van der Waals surface area contributed by atoms with Gasteiger partial charge in [0.1, 0.15) is 5.82 Å². The van der Waals surface area contributed by atoms with E-state index in [9.17, 15) is 4.39 Å². The molecule has 0 saturated carbocycles. The summed E-state index contributed by atoms with van der Waals surface area (Å²) in [6.45, 7) is 0. The van der Waals surface area contributed by atoms with Crippen LogP contribution in [-0.4, -0.2) is 0 Å². The Bertz CT molecular complexity index is 262. The first kappa shape index (κ1) is 7.34. The standard InChI is InChI=1S/C6H4BrFN2/c7-5-3-4(8)1-2-6(5)10-9/h1-3,9H. The Morgan fingerprint density at radius 2 is 2.20 bits per heavy atom. The van der Waals surface area contributed by atoms with Crippen LogP contribution in [0.15, 0.2) is 27.8 Å². The van der Waals surface area contributed by atoms with Crippen molar-refractivity contribution in [3.63, 3.8) is 0 Å². The summed E-state index contributed by atoms with van der Waals surface area (Å²) in [5, 5.41) is 3.15. The summed E-state index contributed by atoms with van der Waals surface area (Å²) in [4.78, 5) is 0. The monoisotopic (exact) mass is 202 g/mol. The van der Waals surface area contributed by atoms with Gasteiger partial charge < -0.3 is 0 Å². The molecule has 0 spiro atoms. The molecule has 0 aliphatic carbocycles. The van der Waals surface area contributed by atoms with E-state index in [1.165, 1.54) is 18.2 Å². The lowest BCUT2D eigenvalue weighted by atomic mass is 10.3. The minimum atomic E-state index is -0.334. The minimum absolute atomic E-state index is 0.334. The topological polar surface area (TPSA) is 36.2 Å². The van der Waals surface area contributed by atoms with Crippen LogP contribution >= 0.6 is 15.9 Å². The highest BCUT2D eigenvalue weighted by molar-refractivity contribution is 9.10. The van der Waals surface area contributed by atoms with E-state index in [-0.39, 0.29) is 5.82 Å². The second kappa shape index (κ2) is 2.88. The van der Waals surface area contributed by atoms with Crippen molar-refractivity contribution in [3.8, 4) is 0 Å². The second-order valence-electron chi connectivity index (χ2n) is 1.71. The summed E-state index contributed by atoms with van der Waals surface area (Å²) < 4.78 is 12.9. The summed E-state index contributed by atoms with van der Waals surface area (Å²) in [5.74, 6) is -0.334. The number of benzene rings is 1. The highest BCUT2D eigenvalue weighted by Gasteiger charge is 1.97. The molecule has 1 N–H and O–H groups in total. The van der Waals surface area contributed by atoms with Crippen molar-refractivity contribution in [1.82, 2.24) is 0 Å². The fraction of sp³-hybridized carbons (Fsp3) is 0. The normalized spacial score (nSPS) is 9.40. The van der Waals surface area contributed by atoms with Crippen LogP contribution in [0, 0.1) is 11.3 Å². The van der Waals surface area contributed by atoms with E-state index in [0.29, 0.717) is 10.2 Å². The van der Waals surface area contributed by atoms with Crippen LogP contribution in [0.4, 0.5) is 10.1 Å². The smallest absolute Gasteiger partial charge is 0.124 e. The predicted octanol–water partition coefficient (Wildman–Crippen LogP) is 3.25. The number of rotatable bonds is 1. The van der Waals surface area contributed by atoms with Crippen molar-refractivity contribution in [2.24, 2.45) is 5.11 Å². The highest BCUT2D eigenvalue weighted by Crippen LogP contribution is 2.25. The largest absolute Gasteiger partial charge is 0.207 e. The molecule has 0 radical (unpaired) electrons. The minimum Gasteiger partial charge on any atom is -0.207 e. The second-order valence-corrected chi connectivity index (χ2v) is 2.56. The van der Waals surface area contributed by atoms with Crippen molar-refractivity contribution in [1.29, 1.82) is 5.53 Å². The van der Waals surface area contributed by atoms with Gasteiger partial charge in [-0.3, -0.25) is 0 Å². The summed E-state index contributed by atoms with van der Waals surface area (Å²) in [6.07, 6.45) is 0. The third-order valence-corrected chi connectivity index (χ3v) is 1.67. The molecule has 0 fully saturated rings. The van der Waals surface area contributed by atoms with E-state index in [0.717, 1.165) is 0 Å². The van der Waals surface area contributed by atoms with E-state index in [1.54, 1.807) is 0 Å². The Hall–Kier alpha value is -0.770. The van der Waals surface area contributed by atoms with Crippen LogP contribution in [-0.2, 0) is 0 Å². The van der Waals surface area contributed by atoms with E-state index in [4.69, 9.17) is 5.53 Å². The maximum atomic E-state index is 12.4. The zero-order valence-corrected chi connectivity index (χ0v) is 6.52. The summed E-state index contributed by atoms with van der Waals surface area (Å²) in [5.41, 5.74) is 7.06. The third kappa shape index (κ3) is 1.39. The lowest BCUT2D eigenvalue weighted by Gasteiger charge is -1.93. The summed E-state index contributed by atoms with van der Waals surface area (Å²) >= 11 is 3.05. The van der Waals surface area contributed by atoms with Crippen molar-refractivity contribution < 1.29 is 4.39 Å². The molecule has 0 aliphatic rings. The average molecular weight is 203 g/mol. The Balaban J connectivity index is 3.19. The SMILES string of the molecule is N=Nc1ccc(F)cc1Br. The van der Waals surface area contributed by atoms with Gasteiger partial charge in [-0.05, 0) is 34.1 Å². The van der Waals surface area contributed by atoms with E-state index < -0.39 is 0 Å². The first-order chi connectivity index (χ1) is 4.74. The lowest BCUT2D eigenvalue weighted by Crippen LogP contribution is -1.72. The van der Waals surface area contributed by atoms with Crippen LogP contribution in [0.5, 0.6) is 0 Å². The zero-order valence-electron chi connectivity index (χ0n) is 4.94. The zero-order chi connectivity index (χ0) is 7.56. The maximum absolute atomic E-state index is 12.4. The van der Waals surface area contributed by atoms with Gasteiger partial charge in [-0.1, -0.05) is 0 Å². The van der Waals surface area contributed by atoms with Gasteiger partial charge in [0.25, 0.3) is 0 Å². The molecule has 0 aromatic heterocycles. The van der Waals surface area contributed by atoms with Crippen LogP contribution in [0.3, 0.4) is 0 Å². The molecule has 0 aliphatic heterocycles. The number of nitrogens with zero attached hydrogens (tertiary/aromatic N) is 1. The Labute approximate surface area is 65.7 Å². The maximum Gasteiger partial charge on any atom is 0.124 e. The molecule has 0 amide bonds. The van der Waals surface area contributed by atoms with E-state index >= 15 is 0 Å². The molecule has 2 nitrogen and oxygen atoms in total. The molecule has 0 heterocycles. The molecular formula is C6H4BrFN2. The van der Waals surface area contributed by atoms with Gasteiger partial charge in [0.05, 0.1) is 5.69 Å². The number of hydrogen-bond donors (Lipinski definition) is 1. The van der Waals surface area contributed by atoms with Gasteiger partial charge in [0.15, 0.2) is 0 Å². The number of halogens is 2. The van der Waals surface area contributed by atoms with Crippen LogP contribution < -0.4 is 0 Å². The molecule has 0 atom stereocenters. The predicted molar refractivity (Wildman–Crippen MR) is 38.9 cm³/mol. The summed E-state index contributed by atoms with van der Waals surface area (Å²) in [7, 11) is 0. The van der Waals surface area contributed by atoms with Gasteiger partial charge in [0.2, 0.25) is 0 Å². The van der Waals surface area contributed by atoms with Crippen LogP contribution in [0.2, 0.25) is 0 Å². The molecule has 0 saturated heterocycles. The molecule has 1 aromatic carbocycles. The number of nitrogens with one attached hydrogen (secondary N) is 1. The van der Waals surface area contributed by atoms with Gasteiger partial charge in [-0.15, -0.1) is 0 Å². The molecule has 4 heteroatoms. The third-order valence-electron chi connectivity index (χ3n) is 1.03. The van der Waals surface area contributed by atoms with Gasteiger partial charge in [-0.2, -0.15) is 5.11 Å². The van der Waals surface area contributed by atoms with Gasteiger partial charge in [-0.25, -0.2) is 9.92 Å². The fourth-order valence-electron chi connectivity index (χ4n) is 0.572. The molecule has 1 rings (SSSR count). The first-order valence-electron chi connectivity index (χ1n) is 2.56. The summed E-state index contributed by atoms with van der Waals surface area (Å²) in [6, 6.07) is 3.97. The van der Waals surface area contributed by atoms with Crippen LogP contribution in [0.25, 0.3) is 0 Å². The van der Waals surface area contributed by atoms with E-state index in [2.05, 4.69) is 21.0 Å². The molecule has 52 valence electrons. The molecule has 10 heavy (non-hydrogen) atoms. The average Bonchev–Trinajstić information content (AvgIpc) is 1.88. The van der Waals surface area contributed by atoms with Crippen LogP contribution in [0.1, 0.15) is 0 Å². The van der Waals surface area contributed by atoms with Gasteiger partial charge >= 0.3 is 0 Å². The molecular weight excluding hydrogens is 199 g/mol. The van der Waals surface area contributed by atoms with Crippen molar-refractivity contribution in [3.05, 3.63) is 28.5 Å². The molecule has 1 aromatic rings. The Morgan fingerprint density at radius 3 is 2.70 bits per heavy atom. The highest BCUT2D eigenvalue weighted by atomic mass is 79.9. The first-order valence-corrected chi connectivity index (χ1v) is 3.36. The van der Waals surface area contributed by atoms with Crippen molar-refractivity contribution in [2.75, 3.05) is 0 Å². The van der Waals surface area contributed by atoms with E-state index in [1.807, 2.05) is 0 Å². The quantitative estimate of drug-likeness (QED) is 0.680. The lowest BCUT2D eigenvalue weighted by molar-refractivity contribution is 0.627.